The number of nitrogens with zero attached hydrogens (tertiary/aromatic N) is 1. The molecule has 0 aromatic carbocycles. The highest BCUT2D eigenvalue weighted by molar-refractivity contribution is 14.1. The van der Waals surface area contributed by atoms with Crippen LogP contribution in [0.1, 0.15) is 34.1 Å². The van der Waals surface area contributed by atoms with Crippen molar-refractivity contribution in [3.05, 3.63) is 24.3 Å². The zero-order chi connectivity index (χ0) is 15.2. The second-order valence-corrected chi connectivity index (χ2v) is 9.19. The average molecular weight is 386 g/mol. The van der Waals surface area contributed by atoms with E-state index < -0.39 is 0 Å². The van der Waals surface area contributed by atoms with Gasteiger partial charge >= 0.3 is 0 Å². The molecule has 1 nitrogen and oxygen atoms in total. The lowest BCUT2D eigenvalue weighted by molar-refractivity contribution is -0.927. The van der Waals surface area contributed by atoms with Gasteiger partial charge in [-0.2, -0.15) is 0 Å². The lowest BCUT2D eigenvalue weighted by atomic mass is 9.96. The lowest BCUT2D eigenvalue weighted by Gasteiger charge is -2.44. The molecule has 0 aliphatic heterocycles. The van der Waals surface area contributed by atoms with E-state index >= 15 is 0 Å². The first kappa shape index (κ1) is 17.8. The summed E-state index contributed by atoms with van der Waals surface area (Å²) < 4.78 is 1.26. The Hall–Kier alpha value is -0.270. The lowest BCUT2D eigenvalue weighted by Crippen LogP contribution is -2.58. The molecule has 0 N–H and O–H groups in total. The van der Waals surface area contributed by atoms with Gasteiger partial charge in [-0.05, 0) is 12.3 Å². The van der Waals surface area contributed by atoms with Crippen molar-refractivity contribution in [2.75, 3.05) is 26.2 Å². The SMILES string of the molecule is C#CC[N+](CC(C)C)(CC(C)C)CC1(I)C=CC=CC1. The Balaban J connectivity index is 2.98. The largest absolute Gasteiger partial charge is 0.312 e. The molecule has 0 aromatic rings. The summed E-state index contributed by atoms with van der Waals surface area (Å²) in [5.74, 6) is 4.30. The summed E-state index contributed by atoms with van der Waals surface area (Å²) in [7, 11) is 0. The van der Waals surface area contributed by atoms with Crippen molar-refractivity contribution in [2.45, 2.75) is 37.5 Å². The predicted molar refractivity (Wildman–Crippen MR) is 97.9 cm³/mol. The van der Waals surface area contributed by atoms with E-state index in [4.69, 9.17) is 6.42 Å². The van der Waals surface area contributed by atoms with E-state index in [2.05, 4.69) is 80.5 Å². The molecular formula is C18H29IN+. The van der Waals surface area contributed by atoms with Gasteiger partial charge in [-0.1, -0.05) is 74.6 Å². The summed E-state index contributed by atoms with van der Waals surface area (Å²) in [6.07, 6.45) is 15.8. The van der Waals surface area contributed by atoms with Gasteiger partial charge < -0.3 is 4.48 Å². The molecule has 0 bridgehead atoms. The van der Waals surface area contributed by atoms with Crippen LogP contribution in [0.4, 0.5) is 0 Å². The van der Waals surface area contributed by atoms with Gasteiger partial charge in [0.2, 0.25) is 0 Å². The maximum atomic E-state index is 5.71. The van der Waals surface area contributed by atoms with Gasteiger partial charge in [0.05, 0.1) is 23.1 Å². The van der Waals surface area contributed by atoms with Crippen LogP contribution in [0.15, 0.2) is 24.3 Å². The standard InChI is InChI=1S/C18H29IN/c1-6-12-20(13-16(2)3,14-17(4)5)15-18(19)10-8-7-9-11-18/h1,7-10,16-17H,11-15H2,2-5H3/q+1. The number of halogens is 1. The van der Waals surface area contributed by atoms with Crippen molar-refractivity contribution in [3.63, 3.8) is 0 Å². The Morgan fingerprint density at radius 3 is 2.20 bits per heavy atom. The maximum Gasteiger partial charge on any atom is 0.140 e. The molecule has 1 aliphatic carbocycles. The highest BCUT2D eigenvalue weighted by atomic mass is 127. The number of hydrogen-bond acceptors (Lipinski definition) is 0. The van der Waals surface area contributed by atoms with E-state index in [1.165, 1.54) is 13.1 Å². The molecule has 0 saturated carbocycles. The van der Waals surface area contributed by atoms with Crippen molar-refractivity contribution in [3.8, 4) is 12.3 Å². The molecule has 2 heteroatoms. The molecule has 0 heterocycles. The number of allylic oxidation sites excluding steroid dienone is 3. The van der Waals surface area contributed by atoms with Gasteiger partial charge in [-0.15, -0.1) is 6.42 Å². The molecule has 1 atom stereocenters. The molecule has 1 rings (SSSR count). The number of terminal acetylenes is 1. The number of quaternary nitrogens is 1. The first-order chi connectivity index (χ1) is 9.31. The van der Waals surface area contributed by atoms with Gasteiger partial charge in [0, 0.05) is 11.8 Å². The molecule has 1 unspecified atom stereocenters. The number of alkyl halides is 1. The fourth-order valence-electron chi connectivity index (χ4n) is 3.44. The number of hydrogen-bond donors (Lipinski definition) is 0. The van der Waals surface area contributed by atoms with Crippen LogP contribution in [-0.4, -0.2) is 34.1 Å². The number of rotatable bonds is 7. The second-order valence-electron chi connectivity index (χ2n) is 7.04. The second kappa shape index (κ2) is 7.66. The van der Waals surface area contributed by atoms with Crippen molar-refractivity contribution < 1.29 is 4.48 Å². The smallest absolute Gasteiger partial charge is 0.140 e. The summed E-state index contributed by atoms with van der Waals surface area (Å²) in [6, 6.07) is 0. The van der Waals surface area contributed by atoms with Crippen LogP contribution in [0.3, 0.4) is 0 Å². The van der Waals surface area contributed by atoms with Crippen LogP contribution < -0.4 is 0 Å². The van der Waals surface area contributed by atoms with Crippen molar-refractivity contribution in [2.24, 2.45) is 11.8 Å². The fraction of sp³-hybridized carbons (Fsp3) is 0.667. The minimum atomic E-state index is 0.215. The summed E-state index contributed by atoms with van der Waals surface area (Å²) in [5, 5.41) is 0. The van der Waals surface area contributed by atoms with Gasteiger partial charge in [0.25, 0.3) is 0 Å². The molecule has 20 heavy (non-hydrogen) atoms. The van der Waals surface area contributed by atoms with Gasteiger partial charge in [-0.25, -0.2) is 0 Å². The topological polar surface area (TPSA) is 0 Å². The molecule has 1 aliphatic rings. The average Bonchev–Trinajstić information content (AvgIpc) is 2.26. The summed E-state index contributed by atoms with van der Waals surface area (Å²) in [4.78, 5) is 0. The van der Waals surface area contributed by atoms with Crippen LogP contribution in [0, 0.1) is 24.2 Å². The zero-order valence-electron chi connectivity index (χ0n) is 13.4. The highest BCUT2D eigenvalue weighted by Gasteiger charge is 2.38. The van der Waals surface area contributed by atoms with E-state index in [9.17, 15) is 0 Å². The quantitative estimate of drug-likeness (QED) is 0.263. The Morgan fingerprint density at radius 1 is 1.20 bits per heavy atom. The monoisotopic (exact) mass is 386 g/mol. The first-order valence-corrected chi connectivity index (χ1v) is 8.70. The molecular weight excluding hydrogens is 357 g/mol. The third-order valence-corrected chi connectivity index (χ3v) is 4.77. The van der Waals surface area contributed by atoms with Crippen LogP contribution >= 0.6 is 22.6 Å². The normalized spacial score (nSPS) is 22.5. The Bertz CT molecular complexity index is 390. The minimum absolute atomic E-state index is 0.215. The van der Waals surface area contributed by atoms with E-state index in [0.29, 0.717) is 11.8 Å². The van der Waals surface area contributed by atoms with E-state index in [-0.39, 0.29) is 3.42 Å². The van der Waals surface area contributed by atoms with Gasteiger partial charge in [-0.3, -0.25) is 0 Å². The Kier molecular flexibility index (Phi) is 6.81. The van der Waals surface area contributed by atoms with Crippen molar-refractivity contribution >= 4 is 22.6 Å². The molecule has 0 amide bonds. The first-order valence-electron chi connectivity index (χ1n) is 7.63. The third kappa shape index (κ3) is 5.61. The van der Waals surface area contributed by atoms with Crippen LogP contribution in [-0.2, 0) is 0 Å². The summed E-state index contributed by atoms with van der Waals surface area (Å²) in [5.41, 5.74) is 0. The van der Waals surface area contributed by atoms with E-state index in [0.717, 1.165) is 24.0 Å². The molecule has 0 spiro atoms. The van der Waals surface area contributed by atoms with Crippen LogP contribution in [0.25, 0.3) is 0 Å². The van der Waals surface area contributed by atoms with Crippen molar-refractivity contribution in [1.82, 2.24) is 0 Å². The fourth-order valence-corrected chi connectivity index (χ4v) is 4.63. The third-order valence-electron chi connectivity index (χ3n) is 3.63. The molecule has 112 valence electrons. The van der Waals surface area contributed by atoms with E-state index in [1.807, 2.05) is 0 Å². The maximum absolute atomic E-state index is 5.71. The zero-order valence-corrected chi connectivity index (χ0v) is 15.6. The molecule has 0 fully saturated rings. The van der Waals surface area contributed by atoms with Gasteiger partial charge in [0.1, 0.15) is 6.54 Å². The molecule has 0 saturated heterocycles. The summed E-state index contributed by atoms with van der Waals surface area (Å²) >= 11 is 2.63. The minimum Gasteiger partial charge on any atom is -0.312 e. The van der Waals surface area contributed by atoms with Crippen LogP contribution in [0.2, 0.25) is 0 Å². The molecule has 0 radical (unpaired) electrons. The van der Waals surface area contributed by atoms with Gasteiger partial charge in [0.15, 0.2) is 0 Å². The predicted octanol–water partition coefficient (Wildman–Crippen LogP) is 4.44. The Labute approximate surface area is 139 Å². The highest BCUT2D eigenvalue weighted by Crippen LogP contribution is 2.33. The van der Waals surface area contributed by atoms with E-state index in [1.54, 1.807) is 0 Å². The Morgan fingerprint density at radius 2 is 1.80 bits per heavy atom. The molecule has 0 aromatic heterocycles. The summed E-state index contributed by atoms with van der Waals surface area (Å²) in [6.45, 7) is 13.5. The van der Waals surface area contributed by atoms with Crippen LogP contribution in [0.5, 0.6) is 0 Å². The van der Waals surface area contributed by atoms with Crippen molar-refractivity contribution in [1.29, 1.82) is 0 Å².